The summed E-state index contributed by atoms with van der Waals surface area (Å²) in [5.41, 5.74) is 3.12. The van der Waals surface area contributed by atoms with E-state index in [-0.39, 0.29) is 17.7 Å². The molecule has 0 radical (unpaired) electrons. The average molecular weight is 364 g/mol. The molecule has 1 amide bonds. The highest BCUT2D eigenvalue weighted by Crippen LogP contribution is 2.29. The predicted octanol–water partition coefficient (Wildman–Crippen LogP) is 1.92. The minimum atomic E-state index is -0.130. The van der Waals surface area contributed by atoms with Gasteiger partial charge in [0.2, 0.25) is 5.91 Å². The number of aromatic nitrogens is 4. The quantitative estimate of drug-likeness (QED) is 0.725. The van der Waals surface area contributed by atoms with E-state index in [2.05, 4.69) is 33.0 Å². The zero-order valence-corrected chi connectivity index (χ0v) is 15.6. The second-order valence-electron chi connectivity index (χ2n) is 7.12. The van der Waals surface area contributed by atoms with E-state index in [0.29, 0.717) is 13.1 Å². The van der Waals surface area contributed by atoms with Gasteiger partial charge >= 0.3 is 0 Å². The van der Waals surface area contributed by atoms with Crippen LogP contribution in [0.15, 0.2) is 48.8 Å². The Morgan fingerprint density at radius 1 is 1.30 bits per heavy atom. The van der Waals surface area contributed by atoms with Gasteiger partial charge < -0.3 is 10.6 Å². The van der Waals surface area contributed by atoms with Crippen molar-refractivity contribution in [2.75, 3.05) is 18.4 Å². The van der Waals surface area contributed by atoms with Crippen LogP contribution in [0.25, 0.3) is 0 Å². The molecule has 0 spiro atoms. The highest BCUT2D eigenvalue weighted by molar-refractivity contribution is 5.93. The normalized spacial score (nSPS) is 19.3. The zero-order chi connectivity index (χ0) is 18.8. The first-order chi connectivity index (χ1) is 13.1. The van der Waals surface area contributed by atoms with Crippen LogP contribution in [0, 0.1) is 12.8 Å². The Hall–Kier alpha value is -2.93. The molecular formula is C20H24N6O. The zero-order valence-electron chi connectivity index (χ0n) is 15.6. The molecule has 27 heavy (non-hydrogen) atoms. The highest BCUT2D eigenvalue weighted by Gasteiger charge is 2.35. The number of carbonyl (C=O) groups excluding carboxylic acids is 1. The number of anilines is 1. The number of rotatable bonds is 5. The molecule has 7 nitrogen and oxygen atoms in total. The molecule has 3 aromatic rings. The molecule has 140 valence electrons. The number of hydrogen-bond donors (Lipinski definition) is 2. The van der Waals surface area contributed by atoms with Gasteiger partial charge in [-0.15, -0.1) is 0 Å². The fraction of sp³-hybridized carbons (Fsp3) is 0.350. The summed E-state index contributed by atoms with van der Waals surface area (Å²) in [6, 6.07) is 12.0. The van der Waals surface area contributed by atoms with E-state index in [4.69, 9.17) is 0 Å². The first kappa shape index (κ1) is 17.5. The van der Waals surface area contributed by atoms with Gasteiger partial charge in [-0.1, -0.05) is 30.3 Å². The summed E-state index contributed by atoms with van der Waals surface area (Å²) in [5.74, 6) is 0.751. The van der Waals surface area contributed by atoms with E-state index in [1.807, 2.05) is 55.3 Å². The van der Waals surface area contributed by atoms with E-state index >= 15 is 0 Å². The Bertz CT molecular complexity index is 929. The summed E-state index contributed by atoms with van der Waals surface area (Å²) in [6.45, 7) is 4.01. The van der Waals surface area contributed by atoms with E-state index in [9.17, 15) is 4.79 Å². The van der Waals surface area contributed by atoms with Gasteiger partial charge in [-0.05, 0) is 18.1 Å². The number of carbonyl (C=O) groups is 1. The lowest BCUT2D eigenvalue weighted by Gasteiger charge is -2.17. The van der Waals surface area contributed by atoms with E-state index in [1.165, 1.54) is 0 Å². The largest absolute Gasteiger partial charge is 0.315 e. The van der Waals surface area contributed by atoms with Crippen LogP contribution in [0.3, 0.4) is 0 Å². The second kappa shape index (κ2) is 7.36. The first-order valence-electron chi connectivity index (χ1n) is 9.18. The summed E-state index contributed by atoms with van der Waals surface area (Å²) in [6.07, 6.45) is 3.84. The van der Waals surface area contributed by atoms with Gasteiger partial charge in [-0.2, -0.15) is 10.2 Å². The van der Waals surface area contributed by atoms with Crippen LogP contribution >= 0.6 is 0 Å². The molecule has 1 aliphatic rings. The van der Waals surface area contributed by atoms with E-state index in [1.54, 1.807) is 4.68 Å². The van der Waals surface area contributed by atoms with Crippen LogP contribution in [0.1, 0.15) is 22.7 Å². The molecule has 4 rings (SSSR count). The average Bonchev–Trinajstić information content (AvgIpc) is 3.36. The van der Waals surface area contributed by atoms with Crippen LogP contribution < -0.4 is 10.6 Å². The summed E-state index contributed by atoms with van der Waals surface area (Å²) < 4.78 is 3.63. The lowest BCUT2D eigenvalue weighted by molar-refractivity contribution is -0.119. The number of nitrogens with zero attached hydrogens (tertiary/aromatic N) is 4. The summed E-state index contributed by atoms with van der Waals surface area (Å²) >= 11 is 0. The molecule has 1 fully saturated rings. The number of aryl methyl sites for hydroxylation is 2. The molecule has 0 aliphatic carbocycles. The van der Waals surface area contributed by atoms with Crippen LogP contribution in [0.4, 0.5) is 5.82 Å². The van der Waals surface area contributed by atoms with Gasteiger partial charge in [0.1, 0.15) is 5.82 Å². The maximum atomic E-state index is 13.0. The third-order valence-electron chi connectivity index (χ3n) is 5.03. The predicted molar refractivity (Wildman–Crippen MR) is 103 cm³/mol. The molecule has 0 unspecified atom stereocenters. The van der Waals surface area contributed by atoms with E-state index < -0.39 is 0 Å². The Labute approximate surface area is 158 Å². The SMILES string of the molecule is Cc1cc(NC(=O)[C@H]2CNC[C@@H]2c2cnn(C)c2)n(Cc2ccccc2)n1. The molecule has 3 heterocycles. The number of nitrogens with one attached hydrogen (secondary N) is 2. The van der Waals surface area contributed by atoms with Crippen LogP contribution in [0.2, 0.25) is 0 Å². The third kappa shape index (κ3) is 3.78. The smallest absolute Gasteiger partial charge is 0.230 e. The summed E-state index contributed by atoms with van der Waals surface area (Å²) in [7, 11) is 1.89. The number of amides is 1. The monoisotopic (exact) mass is 364 g/mol. The van der Waals surface area contributed by atoms with Gasteiger partial charge in [0, 0.05) is 38.3 Å². The van der Waals surface area contributed by atoms with Gasteiger partial charge in [0.15, 0.2) is 0 Å². The van der Waals surface area contributed by atoms with Gasteiger partial charge in [0.05, 0.1) is 24.4 Å². The third-order valence-corrected chi connectivity index (χ3v) is 5.03. The van der Waals surface area contributed by atoms with Crippen molar-refractivity contribution in [2.24, 2.45) is 13.0 Å². The molecule has 2 aromatic heterocycles. The lowest BCUT2D eigenvalue weighted by atomic mass is 9.90. The molecule has 2 atom stereocenters. The Kier molecular flexibility index (Phi) is 4.77. The summed E-state index contributed by atoms with van der Waals surface area (Å²) in [4.78, 5) is 13.0. The van der Waals surface area contributed by atoms with Crippen molar-refractivity contribution in [1.29, 1.82) is 0 Å². The summed E-state index contributed by atoms with van der Waals surface area (Å²) in [5, 5.41) is 15.2. The molecule has 7 heteroatoms. The van der Waals surface area contributed by atoms with Crippen LogP contribution in [0.5, 0.6) is 0 Å². The van der Waals surface area contributed by atoms with Crippen molar-refractivity contribution in [3.63, 3.8) is 0 Å². The fourth-order valence-corrected chi connectivity index (χ4v) is 3.68. The van der Waals surface area contributed by atoms with Crippen molar-refractivity contribution in [1.82, 2.24) is 24.9 Å². The maximum Gasteiger partial charge on any atom is 0.230 e. The molecule has 0 saturated carbocycles. The fourth-order valence-electron chi connectivity index (χ4n) is 3.68. The van der Waals surface area contributed by atoms with Gasteiger partial charge in [0.25, 0.3) is 0 Å². The minimum absolute atomic E-state index is 0.0167. The lowest BCUT2D eigenvalue weighted by Crippen LogP contribution is -2.29. The maximum absolute atomic E-state index is 13.0. The second-order valence-corrected chi connectivity index (χ2v) is 7.12. The molecule has 1 saturated heterocycles. The molecule has 0 bridgehead atoms. The van der Waals surface area contributed by atoms with Crippen LogP contribution in [-0.4, -0.2) is 38.6 Å². The Morgan fingerprint density at radius 2 is 2.11 bits per heavy atom. The molecule has 1 aliphatic heterocycles. The van der Waals surface area contributed by atoms with Gasteiger partial charge in [-0.25, -0.2) is 4.68 Å². The van der Waals surface area contributed by atoms with Crippen molar-refractivity contribution >= 4 is 11.7 Å². The standard InChI is InChI=1S/C20H24N6O/c1-14-8-19(26(24-14)12-15-6-4-3-5-7-15)23-20(27)18-11-21-10-17(18)16-9-22-25(2)13-16/h3-9,13,17-18,21H,10-12H2,1-2H3,(H,23,27)/t17-,18+/m1/s1. The molecular weight excluding hydrogens is 340 g/mol. The first-order valence-corrected chi connectivity index (χ1v) is 9.18. The van der Waals surface area contributed by atoms with Crippen molar-refractivity contribution < 1.29 is 4.79 Å². The highest BCUT2D eigenvalue weighted by atomic mass is 16.2. The Balaban J connectivity index is 1.51. The van der Waals surface area contributed by atoms with E-state index in [0.717, 1.165) is 29.2 Å². The topological polar surface area (TPSA) is 76.8 Å². The van der Waals surface area contributed by atoms with Crippen molar-refractivity contribution in [3.05, 3.63) is 65.6 Å². The number of benzene rings is 1. The minimum Gasteiger partial charge on any atom is -0.315 e. The van der Waals surface area contributed by atoms with Crippen molar-refractivity contribution in [2.45, 2.75) is 19.4 Å². The molecule has 2 N–H and O–H groups in total. The van der Waals surface area contributed by atoms with Gasteiger partial charge in [-0.3, -0.25) is 9.48 Å². The molecule has 1 aromatic carbocycles. The number of hydrogen-bond acceptors (Lipinski definition) is 4. The van der Waals surface area contributed by atoms with Crippen LogP contribution in [-0.2, 0) is 18.4 Å². The van der Waals surface area contributed by atoms with Crippen molar-refractivity contribution in [3.8, 4) is 0 Å². The Morgan fingerprint density at radius 3 is 2.85 bits per heavy atom.